The summed E-state index contributed by atoms with van der Waals surface area (Å²) in [7, 11) is 0. The quantitative estimate of drug-likeness (QED) is 0.915. The van der Waals surface area contributed by atoms with E-state index in [1.54, 1.807) is 17.4 Å². The highest BCUT2D eigenvalue weighted by Gasteiger charge is 2.07. The molecule has 1 heterocycles. The summed E-state index contributed by atoms with van der Waals surface area (Å²) in [6.45, 7) is 4.11. The molecule has 0 aliphatic carbocycles. The molecule has 0 aliphatic rings. The Labute approximate surface area is 116 Å². The van der Waals surface area contributed by atoms with Crippen LogP contribution in [0.3, 0.4) is 0 Å². The number of nitrogens with two attached hydrogens (primary N) is 1. The second kappa shape index (κ2) is 6.12. The third kappa shape index (κ3) is 4.01. The average Bonchev–Trinajstić information content (AvgIpc) is 2.73. The van der Waals surface area contributed by atoms with E-state index < -0.39 is 0 Å². The minimum atomic E-state index is -0.356. The molecule has 1 atom stereocenters. The van der Waals surface area contributed by atoms with Crippen molar-refractivity contribution in [1.29, 1.82) is 0 Å². The molecule has 1 aromatic carbocycles. The molecule has 5 heteroatoms. The Morgan fingerprint density at radius 2 is 2.26 bits per heavy atom. The maximum absolute atomic E-state index is 13.8. The lowest BCUT2D eigenvalue weighted by Crippen LogP contribution is -2.17. The standard InChI is InChI=1S/C14H17FN2OS/c1-9(16)5-11-3-4-14(13(15)6-11)18-7-12-8-19-10(2)17-12/h3-4,6,8-9H,5,7,16H2,1-2H3. The predicted octanol–water partition coefficient (Wildman–Crippen LogP) is 3.06. The highest BCUT2D eigenvalue weighted by Crippen LogP contribution is 2.20. The number of benzene rings is 1. The Morgan fingerprint density at radius 1 is 1.47 bits per heavy atom. The molecule has 1 unspecified atom stereocenters. The van der Waals surface area contributed by atoms with Crippen LogP contribution < -0.4 is 10.5 Å². The normalized spacial score (nSPS) is 12.4. The van der Waals surface area contributed by atoms with Crippen molar-refractivity contribution in [3.63, 3.8) is 0 Å². The zero-order valence-corrected chi connectivity index (χ0v) is 11.8. The Morgan fingerprint density at radius 3 is 2.84 bits per heavy atom. The minimum absolute atomic E-state index is 0.0177. The summed E-state index contributed by atoms with van der Waals surface area (Å²) in [5.41, 5.74) is 7.39. The number of nitrogens with zero attached hydrogens (tertiary/aromatic N) is 1. The number of halogens is 1. The monoisotopic (exact) mass is 280 g/mol. The van der Waals surface area contributed by atoms with Crippen LogP contribution in [-0.2, 0) is 13.0 Å². The van der Waals surface area contributed by atoms with E-state index >= 15 is 0 Å². The second-order valence-electron chi connectivity index (χ2n) is 4.59. The van der Waals surface area contributed by atoms with Gasteiger partial charge in [-0.05, 0) is 38.0 Å². The summed E-state index contributed by atoms with van der Waals surface area (Å²) in [4.78, 5) is 4.27. The maximum Gasteiger partial charge on any atom is 0.165 e. The molecule has 0 saturated carbocycles. The SMILES string of the molecule is Cc1nc(COc2ccc(CC(C)N)cc2F)cs1. The van der Waals surface area contributed by atoms with Gasteiger partial charge in [0.25, 0.3) is 0 Å². The van der Waals surface area contributed by atoms with E-state index in [9.17, 15) is 4.39 Å². The van der Waals surface area contributed by atoms with Crippen LogP contribution in [0.15, 0.2) is 23.6 Å². The molecule has 102 valence electrons. The predicted molar refractivity (Wildman–Crippen MR) is 74.9 cm³/mol. The minimum Gasteiger partial charge on any atom is -0.484 e. The van der Waals surface area contributed by atoms with Gasteiger partial charge < -0.3 is 10.5 Å². The Bertz CT molecular complexity index is 554. The average molecular weight is 280 g/mol. The molecule has 1 aromatic heterocycles. The van der Waals surface area contributed by atoms with Crippen molar-refractivity contribution in [1.82, 2.24) is 4.98 Å². The van der Waals surface area contributed by atoms with Gasteiger partial charge >= 0.3 is 0 Å². The smallest absolute Gasteiger partial charge is 0.165 e. The van der Waals surface area contributed by atoms with Crippen molar-refractivity contribution in [2.75, 3.05) is 0 Å². The molecule has 2 rings (SSSR count). The molecular formula is C14H17FN2OS. The van der Waals surface area contributed by atoms with Crippen LogP contribution in [0.4, 0.5) is 4.39 Å². The Kier molecular flexibility index (Phi) is 4.50. The number of thiazole rings is 1. The molecule has 0 bridgehead atoms. The summed E-state index contributed by atoms with van der Waals surface area (Å²) in [6, 6.07) is 4.98. The highest BCUT2D eigenvalue weighted by atomic mass is 32.1. The lowest BCUT2D eigenvalue weighted by molar-refractivity contribution is 0.286. The molecule has 0 spiro atoms. The van der Waals surface area contributed by atoms with Gasteiger partial charge in [-0.2, -0.15) is 0 Å². The molecule has 2 N–H and O–H groups in total. The maximum atomic E-state index is 13.8. The summed E-state index contributed by atoms with van der Waals surface area (Å²) >= 11 is 1.55. The molecule has 19 heavy (non-hydrogen) atoms. The number of aromatic nitrogens is 1. The van der Waals surface area contributed by atoms with Gasteiger partial charge in [-0.15, -0.1) is 11.3 Å². The Balaban J connectivity index is 2.00. The van der Waals surface area contributed by atoms with Gasteiger partial charge in [0.1, 0.15) is 6.61 Å². The third-order valence-electron chi connectivity index (χ3n) is 2.60. The first-order chi connectivity index (χ1) is 9.04. The van der Waals surface area contributed by atoms with E-state index in [0.29, 0.717) is 6.42 Å². The molecule has 0 fully saturated rings. The first-order valence-electron chi connectivity index (χ1n) is 6.12. The fraction of sp³-hybridized carbons (Fsp3) is 0.357. The van der Waals surface area contributed by atoms with Crippen molar-refractivity contribution < 1.29 is 9.13 Å². The third-order valence-corrected chi connectivity index (χ3v) is 3.42. The van der Waals surface area contributed by atoms with Crippen molar-refractivity contribution in [2.45, 2.75) is 32.9 Å². The summed E-state index contributed by atoms with van der Waals surface area (Å²) in [5.74, 6) is -0.107. The van der Waals surface area contributed by atoms with E-state index in [-0.39, 0.29) is 24.2 Å². The largest absolute Gasteiger partial charge is 0.484 e. The Hall–Kier alpha value is -1.46. The molecule has 3 nitrogen and oxygen atoms in total. The molecule has 0 radical (unpaired) electrons. The molecule has 2 aromatic rings. The summed E-state index contributed by atoms with van der Waals surface area (Å²) in [6.07, 6.45) is 0.655. The zero-order valence-electron chi connectivity index (χ0n) is 11.0. The number of hydrogen-bond donors (Lipinski definition) is 1. The van der Waals surface area contributed by atoms with Crippen molar-refractivity contribution in [3.8, 4) is 5.75 Å². The van der Waals surface area contributed by atoms with Crippen molar-refractivity contribution in [2.24, 2.45) is 5.73 Å². The summed E-state index contributed by atoms with van der Waals surface area (Å²) in [5, 5.41) is 2.89. The van der Waals surface area contributed by atoms with Gasteiger partial charge in [0.05, 0.1) is 10.7 Å². The first-order valence-corrected chi connectivity index (χ1v) is 7.00. The first kappa shape index (κ1) is 14.0. The van der Waals surface area contributed by atoms with Crippen LogP contribution in [0, 0.1) is 12.7 Å². The molecule has 0 amide bonds. The van der Waals surface area contributed by atoms with Gasteiger partial charge in [-0.1, -0.05) is 6.07 Å². The van der Waals surface area contributed by atoms with E-state index in [4.69, 9.17) is 10.5 Å². The van der Waals surface area contributed by atoms with Crippen molar-refractivity contribution >= 4 is 11.3 Å². The fourth-order valence-corrected chi connectivity index (χ4v) is 2.38. The van der Waals surface area contributed by atoms with Gasteiger partial charge in [-0.25, -0.2) is 9.37 Å². The zero-order chi connectivity index (χ0) is 13.8. The number of hydrogen-bond acceptors (Lipinski definition) is 4. The number of ether oxygens (including phenoxy) is 1. The van der Waals surface area contributed by atoms with Gasteiger partial charge in [0, 0.05) is 11.4 Å². The topological polar surface area (TPSA) is 48.1 Å². The van der Waals surface area contributed by atoms with Crippen LogP contribution in [0.5, 0.6) is 5.75 Å². The molecule has 0 aliphatic heterocycles. The van der Waals surface area contributed by atoms with E-state index in [1.807, 2.05) is 25.3 Å². The number of aryl methyl sites for hydroxylation is 1. The van der Waals surface area contributed by atoms with Crippen LogP contribution in [-0.4, -0.2) is 11.0 Å². The van der Waals surface area contributed by atoms with Gasteiger partial charge in [-0.3, -0.25) is 0 Å². The van der Waals surface area contributed by atoms with Gasteiger partial charge in [0.2, 0.25) is 0 Å². The summed E-state index contributed by atoms with van der Waals surface area (Å²) < 4.78 is 19.3. The van der Waals surface area contributed by atoms with E-state index in [0.717, 1.165) is 16.3 Å². The molecular weight excluding hydrogens is 263 g/mol. The van der Waals surface area contributed by atoms with E-state index in [2.05, 4.69) is 4.98 Å². The fourth-order valence-electron chi connectivity index (χ4n) is 1.79. The van der Waals surface area contributed by atoms with Crippen LogP contribution in [0.2, 0.25) is 0 Å². The second-order valence-corrected chi connectivity index (χ2v) is 5.65. The van der Waals surface area contributed by atoms with Crippen LogP contribution >= 0.6 is 11.3 Å². The van der Waals surface area contributed by atoms with Crippen LogP contribution in [0.1, 0.15) is 23.2 Å². The van der Waals surface area contributed by atoms with Crippen molar-refractivity contribution in [3.05, 3.63) is 45.7 Å². The molecule has 0 saturated heterocycles. The highest BCUT2D eigenvalue weighted by molar-refractivity contribution is 7.09. The van der Waals surface area contributed by atoms with E-state index in [1.165, 1.54) is 6.07 Å². The lowest BCUT2D eigenvalue weighted by atomic mass is 10.1. The number of rotatable bonds is 5. The van der Waals surface area contributed by atoms with Gasteiger partial charge in [0.15, 0.2) is 11.6 Å². The van der Waals surface area contributed by atoms with Crippen LogP contribution in [0.25, 0.3) is 0 Å². The lowest BCUT2D eigenvalue weighted by Gasteiger charge is -2.09.